The number of rotatable bonds is 8. The SMILES string of the molecule is CCn1cncc1Cc1ncc(-c2ccc(CC(=O)Nc3cc(C4(C(F)(F)F)CC4)on3)c(F)c2)cn1. The van der Waals surface area contributed by atoms with Crippen molar-refractivity contribution in [2.45, 2.75) is 50.7 Å². The molecular weight excluding hydrogens is 492 g/mol. The number of carbonyl (C=O) groups is 1. The lowest BCUT2D eigenvalue weighted by atomic mass is 10.0. The summed E-state index contributed by atoms with van der Waals surface area (Å²) in [6.07, 6.45) is 2.26. The maximum absolute atomic E-state index is 14.8. The molecule has 8 nitrogen and oxygen atoms in total. The summed E-state index contributed by atoms with van der Waals surface area (Å²) in [5.74, 6) is -1.13. The average Bonchev–Trinajstić information content (AvgIpc) is 3.37. The quantitative estimate of drug-likeness (QED) is 0.338. The van der Waals surface area contributed by atoms with Gasteiger partial charge in [0.1, 0.15) is 17.1 Å². The third-order valence-electron chi connectivity index (χ3n) is 6.46. The lowest BCUT2D eigenvalue weighted by Crippen LogP contribution is -2.28. The van der Waals surface area contributed by atoms with Crippen molar-refractivity contribution >= 4 is 11.7 Å². The molecular formula is C25H22F4N6O2. The fourth-order valence-corrected chi connectivity index (χ4v) is 4.12. The highest BCUT2D eigenvalue weighted by Crippen LogP contribution is 2.59. The van der Waals surface area contributed by atoms with Crippen LogP contribution in [0.25, 0.3) is 11.1 Å². The second-order valence-corrected chi connectivity index (χ2v) is 8.92. The van der Waals surface area contributed by atoms with E-state index in [4.69, 9.17) is 4.52 Å². The number of imidazole rings is 1. The molecule has 1 amide bonds. The number of carbonyl (C=O) groups excluding carboxylic acids is 1. The second-order valence-electron chi connectivity index (χ2n) is 8.92. The number of alkyl halides is 3. The molecule has 5 rings (SSSR count). The van der Waals surface area contributed by atoms with Crippen LogP contribution in [0.3, 0.4) is 0 Å². The Kier molecular flexibility index (Phi) is 6.26. The van der Waals surface area contributed by atoms with Crippen molar-refractivity contribution in [2.24, 2.45) is 0 Å². The predicted molar refractivity (Wildman–Crippen MR) is 124 cm³/mol. The molecule has 0 radical (unpaired) electrons. The summed E-state index contributed by atoms with van der Waals surface area (Å²) in [5.41, 5.74) is 0.207. The van der Waals surface area contributed by atoms with Crippen LogP contribution in [0.2, 0.25) is 0 Å². The van der Waals surface area contributed by atoms with Crippen molar-refractivity contribution < 1.29 is 26.9 Å². The van der Waals surface area contributed by atoms with Gasteiger partial charge >= 0.3 is 6.18 Å². The smallest absolute Gasteiger partial charge is 0.358 e. The molecule has 37 heavy (non-hydrogen) atoms. The van der Waals surface area contributed by atoms with E-state index in [2.05, 4.69) is 25.4 Å². The first kappa shape index (κ1) is 24.6. The Morgan fingerprint density at radius 2 is 1.89 bits per heavy atom. The third-order valence-corrected chi connectivity index (χ3v) is 6.46. The lowest BCUT2D eigenvalue weighted by Gasteiger charge is -2.14. The molecule has 1 aromatic carbocycles. The topological polar surface area (TPSA) is 98.7 Å². The summed E-state index contributed by atoms with van der Waals surface area (Å²) in [4.78, 5) is 25.2. The largest absolute Gasteiger partial charge is 0.401 e. The number of benzene rings is 1. The highest BCUT2D eigenvalue weighted by atomic mass is 19.4. The van der Waals surface area contributed by atoms with Gasteiger partial charge in [0.2, 0.25) is 5.91 Å². The summed E-state index contributed by atoms with van der Waals surface area (Å²) < 4.78 is 61.3. The number of aromatic nitrogens is 5. The number of anilines is 1. The summed E-state index contributed by atoms with van der Waals surface area (Å²) in [6, 6.07) is 5.46. The Morgan fingerprint density at radius 3 is 2.54 bits per heavy atom. The zero-order chi connectivity index (χ0) is 26.2. The van der Waals surface area contributed by atoms with Crippen molar-refractivity contribution in [1.82, 2.24) is 24.7 Å². The molecule has 12 heteroatoms. The summed E-state index contributed by atoms with van der Waals surface area (Å²) >= 11 is 0. The molecule has 1 aliphatic carbocycles. The molecule has 1 saturated carbocycles. The van der Waals surface area contributed by atoms with Gasteiger partial charge < -0.3 is 14.4 Å². The number of aryl methyl sites for hydroxylation is 1. The third kappa shape index (κ3) is 4.95. The van der Waals surface area contributed by atoms with Gasteiger partial charge in [-0.15, -0.1) is 0 Å². The van der Waals surface area contributed by atoms with Crippen LogP contribution in [0.5, 0.6) is 0 Å². The van der Waals surface area contributed by atoms with E-state index in [-0.39, 0.29) is 36.4 Å². The minimum absolute atomic E-state index is 0.0884. The van der Waals surface area contributed by atoms with E-state index in [9.17, 15) is 22.4 Å². The van der Waals surface area contributed by atoms with Gasteiger partial charge in [0.25, 0.3) is 0 Å². The van der Waals surface area contributed by atoms with Crippen molar-refractivity contribution in [3.63, 3.8) is 0 Å². The minimum Gasteiger partial charge on any atom is -0.358 e. The van der Waals surface area contributed by atoms with E-state index in [0.717, 1.165) is 18.3 Å². The molecule has 1 N–H and O–H groups in total. The molecule has 1 fully saturated rings. The summed E-state index contributed by atoms with van der Waals surface area (Å²) in [5, 5.41) is 5.88. The Morgan fingerprint density at radius 1 is 1.14 bits per heavy atom. The number of hydrogen-bond acceptors (Lipinski definition) is 6. The molecule has 0 aliphatic heterocycles. The zero-order valence-electron chi connectivity index (χ0n) is 19.7. The number of halogens is 4. The Balaban J connectivity index is 1.22. The number of hydrogen-bond donors (Lipinski definition) is 1. The Hall–Kier alpha value is -4.09. The van der Waals surface area contributed by atoms with Crippen molar-refractivity contribution in [3.05, 3.63) is 77.8 Å². The Bertz CT molecular complexity index is 1420. The van der Waals surface area contributed by atoms with Gasteiger partial charge in [-0.3, -0.25) is 4.79 Å². The molecule has 0 spiro atoms. The van der Waals surface area contributed by atoms with Gasteiger partial charge in [-0.2, -0.15) is 13.2 Å². The van der Waals surface area contributed by atoms with E-state index < -0.39 is 23.3 Å². The number of nitrogens with one attached hydrogen (secondary N) is 1. The molecule has 0 atom stereocenters. The first-order valence-electron chi connectivity index (χ1n) is 11.6. The van der Waals surface area contributed by atoms with Crippen LogP contribution in [0, 0.1) is 5.82 Å². The van der Waals surface area contributed by atoms with Crippen LogP contribution in [0.4, 0.5) is 23.4 Å². The number of amides is 1. The van der Waals surface area contributed by atoms with Crippen molar-refractivity contribution in [2.75, 3.05) is 5.32 Å². The van der Waals surface area contributed by atoms with Gasteiger partial charge in [-0.05, 0) is 37.0 Å². The maximum atomic E-state index is 14.8. The maximum Gasteiger partial charge on any atom is 0.401 e. The predicted octanol–water partition coefficient (Wildman–Crippen LogP) is 4.85. The van der Waals surface area contributed by atoms with Crippen LogP contribution in [0.15, 0.2) is 53.7 Å². The molecule has 3 aromatic heterocycles. The molecule has 1 aliphatic rings. The average molecular weight is 514 g/mol. The fourth-order valence-electron chi connectivity index (χ4n) is 4.12. The molecule has 0 bridgehead atoms. The van der Waals surface area contributed by atoms with Gasteiger partial charge in [0.05, 0.1) is 12.7 Å². The summed E-state index contributed by atoms with van der Waals surface area (Å²) in [6.45, 7) is 2.80. The molecule has 0 unspecified atom stereocenters. The van der Waals surface area contributed by atoms with Gasteiger partial charge in [0.15, 0.2) is 11.6 Å². The van der Waals surface area contributed by atoms with Crippen LogP contribution in [-0.2, 0) is 29.6 Å². The lowest BCUT2D eigenvalue weighted by molar-refractivity contribution is -0.165. The molecule has 4 aromatic rings. The summed E-state index contributed by atoms with van der Waals surface area (Å²) in [7, 11) is 0. The van der Waals surface area contributed by atoms with Crippen molar-refractivity contribution in [3.8, 4) is 11.1 Å². The minimum atomic E-state index is -4.46. The Labute approximate surface area is 208 Å². The van der Waals surface area contributed by atoms with E-state index in [0.29, 0.717) is 23.4 Å². The van der Waals surface area contributed by atoms with Crippen LogP contribution in [0.1, 0.15) is 42.6 Å². The van der Waals surface area contributed by atoms with Crippen LogP contribution in [-0.4, -0.2) is 36.8 Å². The van der Waals surface area contributed by atoms with E-state index in [1.165, 1.54) is 12.1 Å². The van der Waals surface area contributed by atoms with Crippen LogP contribution >= 0.6 is 0 Å². The first-order valence-corrected chi connectivity index (χ1v) is 11.6. The molecule has 192 valence electrons. The van der Waals surface area contributed by atoms with Gasteiger partial charge in [-0.1, -0.05) is 17.3 Å². The van der Waals surface area contributed by atoms with E-state index in [1.807, 2.05) is 11.5 Å². The second kappa shape index (κ2) is 9.41. The van der Waals surface area contributed by atoms with E-state index in [1.54, 1.807) is 31.0 Å². The van der Waals surface area contributed by atoms with E-state index >= 15 is 0 Å². The number of nitrogens with zero attached hydrogens (tertiary/aromatic N) is 5. The first-order chi connectivity index (χ1) is 17.7. The molecule has 0 saturated heterocycles. The van der Waals surface area contributed by atoms with Gasteiger partial charge in [0, 0.05) is 48.9 Å². The fraction of sp³-hybridized carbons (Fsp3) is 0.320. The highest BCUT2D eigenvalue weighted by molar-refractivity contribution is 5.91. The standard InChI is InChI=1S/C25H22F4N6O2/c1-2-35-14-30-13-18(35)9-21-31-11-17(12-32-21)15-3-4-16(19(26)7-15)8-23(36)33-22-10-20(37-34-22)24(5-6-24)25(27,28)29/h3-4,7,10-14H,2,5-6,8-9H2,1H3,(H,33,34,36). The normalized spacial score (nSPS) is 14.5. The highest BCUT2D eigenvalue weighted by Gasteiger charge is 2.66. The monoisotopic (exact) mass is 514 g/mol. The molecule has 3 heterocycles. The van der Waals surface area contributed by atoms with Crippen molar-refractivity contribution in [1.29, 1.82) is 0 Å². The van der Waals surface area contributed by atoms with Crippen LogP contribution < -0.4 is 5.32 Å². The zero-order valence-corrected chi connectivity index (χ0v) is 19.7. The van der Waals surface area contributed by atoms with Gasteiger partial charge in [-0.25, -0.2) is 19.3 Å².